The van der Waals surface area contributed by atoms with Crippen molar-refractivity contribution < 1.29 is 28.6 Å². The fourth-order valence-electron chi connectivity index (χ4n) is 1.93. The topological polar surface area (TPSA) is 95.9 Å². The Morgan fingerprint density at radius 2 is 2.14 bits per heavy atom. The molecule has 1 aromatic rings. The lowest BCUT2D eigenvalue weighted by molar-refractivity contribution is -0.137. The number of hydrogen-bond acceptors (Lipinski definition) is 6. The lowest BCUT2D eigenvalue weighted by Crippen LogP contribution is -2.34. The summed E-state index contributed by atoms with van der Waals surface area (Å²) >= 11 is 0. The van der Waals surface area contributed by atoms with E-state index in [0.29, 0.717) is 0 Å². The van der Waals surface area contributed by atoms with Gasteiger partial charge in [0.15, 0.2) is 0 Å². The van der Waals surface area contributed by atoms with Crippen LogP contribution in [-0.4, -0.2) is 48.1 Å². The van der Waals surface area contributed by atoms with Gasteiger partial charge in [0, 0.05) is 11.8 Å². The van der Waals surface area contributed by atoms with Gasteiger partial charge in [0.2, 0.25) is 0 Å². The first kappa shape index (κ1) is 15.6. The van der Waals surface area contributed by atoms with E-state index in [9.17, 15) is 18.8 Å². The second-order valence-electron chi connectivity index (χ2n) is 4.39. The van der Waals surface area contributed by atoms with Gasteiger partial charge in [-0.3, -0.25) is 14.5 Å². The van der Waals surface area contributed by atoms with E-state index in [1.165, 1.54) is 12.1 Å². The highest BCUT2D eigenvalue weighted by molar-refractivity contribution is 6.17. The number of nitrogens with one attached hydrogen (secondary N) is 1. The minimum absolute atomic E-state index is 0.0270. The molecule has 1 aliphatic rings. The summed E-state index contributed by atoms with van der Waals surface area (Å²) in [7, 11) is 1.12. The molecule has 0 radical (unpaired) electrons. The summed E-state index contributed by atoms with van der Waals surface area (Å²) in [6.45, 7) is -0.461. The zero-order valence-electron chi connectivity index (χ0n) is 11.6. The van der Waals surface area contributed by atoms with Crippen molar-refractivity contribution in [1.82, 2.24) is 4.90 Å². The van der Waals surface area contributed by atoms with Crippen LogP contribution < -0.4 is 5.32 Å². The Hall–Kier alpha value is -2.74. The smallest absolute Gasteiger partial charge is 0.340 e. The normalized spacial score (nSPS) is 14.1. The SMILES string of the molecule is COC(=O)c1cc(NC2=CC(=O)N(CCO)C2=O)ccc1F. The van der Waals surface area contributed by atoms with Gasteiger partial charge in [-0.1, -0.05) is 0 Å². The molecule has 2 rings (SSSR count). The van der Waals surface area contributed by atoms with Gasteiger partial charge in [0.1, 0.15) is 11.5 Å². The predicted molar refractivity (Wildman–Crippen MR) is 73.3 cm³/mol. The number of carbonyl (C=O) groups excluding carboxylic acids is 3. The number of halogens is 1. The maximum absolute atomic E-state index is 13.5. The molecule has 0 saturated heterocycles. The van der Waals surface area contributed by atoms with Gasteiger partial charge < -0.3 is 15.2 Å². The Bertz CT molecular complexity index is 671. The summed E-state index contributed by atoms with van der Waals surface area (Å²) in [5, 5.41) is 11.5. The fraction of sp³-hybridized carbons (Fsp3) is 0.214. The Morgan fingerprint density at radius 1 is 1.41 bits per heavy atom. The number of esters is 1. The molecule has 22 heavy (non-hydrogen) atoms. The van der Waals surface area contributed by atoms with E-state index in [4.69, 9.17) is 5.11 Å². The van der Waals surface area contributed by atoms with Crippen LogP contribution in [0.5, 0.6) is 0 Å². The first-order valence-corrected chi connectivity index (χ1v) is 6.31. The van der Waals surface area contributed by atoms with Crippen LogP contribution >= 0.6 is 0 Å². The third kappa shape index (κ3) is 2.96. The fourth-order valence-corrected chi connectivity index (χ4v) is 1.93. The largest absolute Gasteiger partial charge is 0.465 e. The average Bonchev–Trinajstić information content (AvgIpc) is 2.76. The number of carbonyl (C=O) groups is 3. The first-order chi connectivity index (χ1) is 10.5. The molecule has 1 heterocycles. The monoisotopic (exact) mass is 308 g/mol. The number of hydrogen-bond donors (Lipinski definition) is 2. The van der Waals surface area contributed by atoms with E-state index < -0.39 is 23.6 Å². The number of aliphatic hydroxyl groups excluding tert-OH is 1. The van der Waals surface area contributed by atoms with Gasteiger partial charge >= 0.3 is 5.97 Å². The summed E-state index contributed by atoms with van der Waals surface area (Å²) in [6.07, 6.45) is 1.07. The maximum Gasteiger partial charge on any atom is 0.340 e. The van der Waals surface area contributed by atoms with Gasteiger partial charge in [-0.2, -0.15) is 0 Å². The van der Waals surface area contributed by atoms with Gasteiger partial charge in [0.25, 0.3) is 11.8 Å². The highest BCUT2D eigenvalue weighted by atomic mass is 19.1. The molecule has 0 saturated carbocycles. The lowest BCUT2D eigenvalue weighted by Gasteiger charge is -2.13. The molecule has 1 aliphatic heterocycles. The Morgan fingerprint density at radius 3 is 2.77 bits per heavy atom. The molecule has 0 fully saturated rings. The van der Waals surface area contributed by atoms with Crippen molar-refractivity contribution in [3.8, 4) is 0 Å². The number of β-amino-alcohol motifs (C(OH)–C–C–N with tert-alkyl or cyclic N) is 1. The van der Waals surface area contributed by atoms with E-state index in [1.54, 1.807) is 0 Å². The van der Waals surface area contributed by atoms with E-state index in [2.05, 4.69) is 10.1 Å². The van der Waals surface area contributed by atoms with E-state index in [0.717, 1.165) is 24.2 Å². The second-order valence-corrected chi connectivity index (χ2v) is 4.39. The minimum atomic E-state index is -0.856. The Kier molecular flexibility index (Phi) is 4.52. The van der Waals surface area contributed by atoms with Gasteiger partial charge in [-0.15, -0.1) is 0 Å². The van der Waals surface area contributed by atoms with Crippen LogP contribution in [0.25, 0.3) is 0 Å². The summed E-state index contributed by atoms with van der Waals surface area (Å²) < 4.78 is 18.0. The molecule has 0 aliphatic carbocycles. The van der Waals surface area contributed by atoms with Crippen molar-refractivity contribution in [3.63, 3.8) is 0 Å². The number of aliphatic hydroxyl groups is 1. The van der Waals surface area contributed by atoms with Crippen molar-refractivity contribution in [3.05, 3.63) is 41.4 Å². The van der Waals surface area contributed by atoms with Crippen molar-refractivity contribution in [2.45, 2.75) is 0 Å². The third-order valence-electron chi connectivity index (χ3n) is 2.98. The standard InChI is InChI=1S/C14H13FN2O5/c1-22-14(21)9-6-8(2-3-10(9)15)16-11-7-12(19)17(4-5-18)13(11)20/h2-3,6-7,16,18H,4-5H2,1H3. The summed E-state index contributed by atoms with van der Waals surface area (Å²) in [5.41, 5.74) is -0.0713. The van der Waals surface area contributed by atoms with Gasteiger partial charge in [0.05, 0.1) is 25.8 Å². The molecule has 0 aromatic heterocycles. The van der Waals surface area contributed by atoms with E-state index in [1.807, 2.05) is 0 Å². The van der Waals surface area contributed by atoms with Crippen molar-refractivity contribution in [2.24, 2.45) is 0 Å². The lowest BCUT2D eigenvalue weighted by atomic mass is 10.2. The quantitative estimate of drug-likeness (QED) is 0.599. The van der Waals surface area contributed by atoms with E-state index in [-0.39, 0.29) is 30.1 Å². The molecule has 2 amide bonds. The Labute approximate surface area is 125 Å². The van der Waals surface area contributed by atoms with Gasteiger partial charge in [-0.25, -0.2) is 9.18 Å². The highest BCUT2D eigenvalue weighted by Gasteiger charge is 2.30. The molecule has 2 N–H and O–H groups in total. The summed E-state index contributed by atoms with van der Waals surface area (Å²) in [4.78, 5) is 35.8. The van der Waals surface area contributed by atoms with Crippen LogP contribution in [-0.2, 0) is 14.3 Å². The molecule has 116 valence electrons. The number of rotatable bonds is 5. The van der Waals surface area contributed by atoms with Crippen LogP contribution in [0.3, 0.4) is 0 Å². The molecule has 1 aromatic carbocycles. The van der Waals surface area contributed by atoms with Crippen LogP contribution in [0.1, 0.15) is 10.4 Å². The number of benzene rings is 1. The van der Waals surface area contributed by atoms with Crippen molar-refractivity contribution >= 4 is 23.5 Å². The van der Waals surface area contributed by atoms with E-state index >= 15 is 0 Å². The average molecular weight is 308 g/mol. The molecule has 7 nitrogen and oxygen atoms in total. The summed E-state index contributed by atoms with van der Waals surface area (Å²) in [6, 6.07) is 3.53. The van der Waals surface area contributed by atoms with Crippen LogP contribution in [0.15, 0.2) is 30.0 Å². The molecule has 8 heteroatoms. The highest BCUT2D eigenvalue weighted by Crippen LogP contribution is 2.20. The molecular formula is C14H13FN2O5. The molecule has 0 unspecified atom stereocenters. The maximum atomic E-state index is 13.5. The number of nitrogens with zero attached hydrogens (tertiary/aromatic N) is 1. The Balaban J connectivity index is 2.22. The number of methoxy groups -OCH3 is 1. The van der Waals surface area contributed by atoms with Crippen molar-refractivity contribution in [2.75, 3.05) is 25.6 Å². The number of ether oxygens (including phenoxy) is 1. The molecular weight excluding hydrogens is 295 g/mol. The number of anilines is 1. The molecule has 0 bridgehead atoms. The molecule has 0 spiro atoms. The van der Waals surface area contributed by atoms with Crippen LogP contribution in [0.4, 0.5) is 10.1 Å². The number of amides is 2. The first-order valence-electron chi connectivity index (χ1n) is 6.31. The third-order valence-corrected chi connectivity index (χ3v) is 2.98. The molecule has 0 atom stereocenters. The zero-order chi connectivity index (χ0) is 16.3. The minimum Gasteiger partial charge on any atom is -0.465 e. The summed E-state index contributed by atoms with van der Waals surface area (Å²) in [5.74, 6) is -2.78. The van der Waals surface area contributed by atoms with Gasteiger partial charge in [-0.05, 0) is 18.2 Å². The van der Waals surface area contributed by atoms with Crippen molar-refractivity contribution in [1.29, 1.82) is 0 Å². The predicted octanol–water partition coefficient (Wildman–Crippen LogP) is 0.269. The zero-order valence-corrected chi connectivity index (χ0v) is 11.6. The van der Waals surface area contributed by atoms with Crippen LogP contribution in [0, 0.1) is 5.82 Å². The second kappa shape index (κ2) is 6.35. The van der Waals surface area contributed by atoms with Crippen LogP contribution in [0.2, 0.25) is 0 Å². The number of imide groups is 1.